The molecule has 0 fully saturated rings. The number of carbonyl (C=O) groups excluding carboxylic acids is 1. The first kappa shape index (κ1) is 13.7. The van der Waals surface area contributed by atoms with Gasteiger partial charge in [-0.3, -0.25) is 4.79 Å². The molecule has 0 aliphatic rings. The lowest BCUT2D eigenvalue weighted by Crippen LogP contribution is -2.41. The molecule has 0 saturated heterocycles. The molecule has 94 valence electrons. The predicted molar refractivity (Wildman–Crippen MR) is 70.6 cm³/mol. The fourth-order valence-electron chi connectivity index (χ4n) is 1.68. The van der Waals surface area contributed by atoms with Gasteiger partial charge >= 0.3 is 0 Å². The molecule has 0 spiro atoms. The summed E-state index contributed by atoms with van der Waals surface area (Å²) in [5.41, 5.74) is 8.07. The Labute approximate surface area is 103 Å². The summed E-state index contributed by atoms with van der Waals surface area (Å²) in [5, 5.41) is 2.99. The van der Waals surface area contributed by atoms with E-state index < -0.39 is 6.04 Å². The Bertz CT molecular complexity index is 359. The van der Waals surface area contributed by atoms with Crippen LogP contribution in [-0.2, 0) is 4.79 Å². The van der Waals surface area contributed by atoms with Crippen molar-refractivity contribution >= 4 is 5.91 Å². The van der Waals surface area contributed by atoms with Gasteiger partial charge in [0.25, 0.3) is 0 Å². The lowest BCUT2D eigenvalue weighted by atomic mass is 10.0. The molecular formula is C14H22N2O. The van der Waals surface area contributed by atoms with E-state index in [0.717, 1.165) is 12.0 Å². The highest BCUT2D eigenvalue weighted by Gasteiger charge is 2.16. The minimum absolute atomic E-state index is 0.0562. The van der Waals surface area contributed by atoms with E-state index in [4.69, 9.17) is 5.73 Å². The molecule has 1 amide bonds. The molecule has 1 rings (SSSR count). The first-order chi connectivity index (χ1) is 8.08. The standard InChI is InChI=1S/C14H22N2O/c1-4-12(15)14(17)16-13(5-2)11-8-6-10(3)7-9-11/h6-9,12-13H,4-5,15H2,1-3H3,(H,16,17)/t12-,13-/m1/s1. The van der Waals surface area contributed by atoms with Crippen LogP contribution in [0.15, 0.2) is 24.3 Å². The van der Waals surface area contributed by atoms with E-state index in [9.17, 15) is 4.79 Å². The second kappa shape index (κ2) is 6.40. The van der Waals surface area contributed by atoms with Crippen molar-refractivity contribution in [2.24, 2.45) is 5.73 Å². The number of benzene rings is 1. The third-order valence-corrected chi connectivity index (χ3v) is 2.98. The molecular weight excluding hydrogens is 212 g/mol. The highest BCUT2D eigenvalue weighted by Crippen LogP contribution is 2.17. The van der Waals surface area contributed by atoms with Crippen LogP contribution in [0.5, 0.6) is 0 Å². The summed E-state index contributed by atoms with van der Waals surface area (Å²) in [6, 6.07) is 7.88. The summed E-state index contributed by atoms with van der Waals surface area (Å²) in [6.07, 6.45) is 1.53. The molecule has 0 bridgehead atoms. The Morgan fingerprint density at radius 3 is 2.29 bits per heavy atom. The van der Waals surface area contributed by atoms with Crippen molar-refractivity contribution in [2.75, 3.05) is 0 Å². The number of carbonyl (C=O) groups is 1. The quantitative estimate of drug-likeness (QED) is 0.821. The van der Waals surface area contributed by atoms with Gasteiger partial charge in [0.2, 0.25) is 5.91 Å². The molecule has 0 radical (unpaired) electrons. The molecule has 0 saturated carbocycles. The third-order valence-electron chi connectivity index (χ3n) is 2.98. The number of rotatable bonds is 5. The molecule has 3 N–H and O–H groups in total. The van der Waals surface area contributed by atoms with E-state index in [1.54, 1.807) is 0 Å². The maximum atomic E-state index is 11.7. The van der Waals surface area contributed by atoms with Crippen molar-refractivity contribution in [3.05, 3.63) is 35.4 Å². The molecule has 2 atom stereocenters. The summed E-state index contributed by atoms with van der Waals surface area (Å²) in [4.78, 5) is 11.7. The van der Waals surface area contributed by atoms with Crippen molar-refractivity contribution in [3.63, 3.8) is 0 Å². The van der Waals surface area contributed by atoms with E-state index >= 15 is 0 Å². The fraction of sp³-hybridized carbons (Fsp3) is 0.500. The molecule has 17 heavy (non-hydrogen) atoms. The Kier molecular flexibility index (Phi) is 5.16. The lowest BCUT2D eigenvalue weighted by Gasteiger charge is -2.19. The average molecular weight is 234 g/mol. The fourth-order valence-corrected chi connectivity index (χ4v) is 1.68. The highest BCUT2D eigenvalue weighted by atomic mass is 16.2. The minimum atomic E-state index is -0.408. The van der Waals surface area contributed by atoms with Crippen LogP contribution >= 0.6 is 0 Å². The minimum Gasteiger partial charge on any atom is -0.348 e. The van der Waals surface area contributed by atoms with Crippen LogP contribution in [0.1, 0.15) is 43.9 Å². The summed E-state index contributed by atoms with van der Waals surface area (Å²) in [6.45, 7) is 6.02. The number of nitrogens with two attached hydrogens (primary N) is 1. The molecule has 3 heteroatoms. The molecule has 0 aromatic heterocycles. The van der Waals surface area contributed by atoms with Crippen LogP contribution in [0.3, 0.4) is 0 Å². The van der Waals surface area contributed by atoms with Crippen molar-refractivity contribution in [3.8, 4) is 0 Å². The zero-order valence-electron chi connectivity index (χ0n) is 10.9. The van der Waals surface area contributed by atoms with Crippen LogP contribution in [0.25, 0.3) is 0 Å². The maximum absolute atomic E-state index is 11.7. The largest absolute Gasteiger partial charge is 0.348 e. The van der Waals surface area contributed by atoms with Gasteiger partial charge in [-0.15, -0.1) is 0 Å². The van der Waals surface area contributed by atoms with E-state index in [1.807, 2.05) is 6.92 Å². The highest BCUT2D eigenvalue weighted by molar-refractivity contribution is 5.81. The summed E-state index contributed by atoms with van der Waals surface area (Å²) < 4.78 is 0. The van der Waals surface area contributed by atoms with Gasteiger partial charge in [0.1, 0.15) is 0 Å². The topological polar surface area (TPSA) is 55.1 Å². The SMILES string of the molecule is CC[C@@H](N)C(=O)N[C@H](CC)c1ccc(C)cc1. The number of hydrogen-bond acceptors (Lipinski definition) is 2. The van der Waals surface area contributed by atoms with Crippen LogP contribution < -0.4 is 11.1 Å². The summed E-state index contributed by atoms with van der Waals surface area (Å²) >= 11 is 0. The maximum Gasteiger partial charge on any atom is 0.237 e. The molecule has 0 aliphatic carbocycles. The van der Waals surface area contributed by atoms with Crippen LogP contribution in [0.4, 0.5) is 0 Å². The Hall–Kier alpha value is -1.35. The Morgan fingerprint density at radius 2 is 1.82 bits per heavy atom. The van der Waals surface area contributed by atoms with Crippen LogP contribution in [0, 0.1) is 6.92 Å². The van der Waals surface area contributed by atoms with Crippen LogP contribution in [0.2, 0.25) is 0 Å². The Balaban J connectivity index is 2.72. The molecule has 1 aromatic rings. The van der Waals surface area contributed by atoms with E-state index in [1.165, 1.54) is 5.56 Å². The van der Waals surface area contributed by atoms with Crippen molar-refractivity contribution in [1.82, 2.24) is 5.32 Å². The van der Waals surface area contributed by atoms with Crippen molar-refractivity contribution in [1.29, 1.82) is 0 Å². The van der Waals surface area contributed by atoms with E-state index in [0.29, 0.717) is 6.42 Å². The number of nitrogens with one attached hydrogen (secondary N) is 1. The van der Waals surface area contributed by atoms with Gasteiger partial charge in [0, 0.05) is 0 Å². The van der Waals surface area contributed by atoms with E-state index in [-0.39, 0.29) is 11.9 Å². The van der Waals surface area contributed by atoms with Gasteiger partial charge in [0.15, 0.2) is 0 Å². The monoisotopic (exact) mass is 234 g/mol. The smallest absolute Gasteiger partial charge is 0.237 e. The Morgan fingerprint density at radius 1 is 1.24 bits per heavy atom. The second-order valence-electron chi connectivity index (χ2n) is 4.39. The number of amides is 1. The zero-order valence-corrected chi connectivity index (χ0v) is 10.9. The molecule has 0 unspecified atom stereocenters. The lowest BCUT2D eigenvalue weighted by molar-refractivity contribution is -0.123. The number of hydrogen-bond donors (Lipinski definition) is 2. The summed E-state index contributed by atoms with van der Waals surface area (Å²) in [5.74, 6) is -0.0695. The van der Waals surface area contributed by atoms with Crippen molar-refractivity contribution < 1.29 is 4.79 Å². The molecule has 0 heterocycles. The first-order valence-corrected chi connectivity index (χ1v) is 6.21. The predicted octanol–water partition coefficient (Wildman–Crippen LogP) is 2.30. The second-order valence-corrected chi connectivity index (χ2v) is 4.39. The zero-order chi connectivity index (χ0) is 12.8. The summed E-state index contributed by atoms with van der Waals surface area (Å²) in [7, 11) is 0. The third kappa shape index (κ3) is 3.86. The number of aryl methyl sites for hydroxylation is 1. The average Bonchev–Trinajstić information content (AvgIpc) is 2.35. The molecule has 0 aliphatic heterocycles. The molecule has 3 nitrogen and oxygen atoms in total. The van der Waals surface area contributed by atoms with Gasteiger partial charge in [-0.2, -0.15) is 0 Å². The first-order valence-electron chi connectivity index (χ1n) is 6.21. The van der Waals surface area contributed by atoms with Crippen LogP contribution in [-0.4, -0.2) is 11.9 Å². The van der Waals surface area contributed by atoms with Gasteiger partial charge in [-0.05, 0) is 25.3 Å². The molecule has 1 aromatic carbocycles. The van der Waals surface area contributed by atoms with Gasteiger partial charge in [-0.1, -0.05) is 43.7 Å². The van der Waals surface area contributed by atoms with Crippen molar-refractivity contribution in [2.45, 2.75) is 45.7 Å². The van der Waals surface area contributed by atoms with Gasteiger partial charge in [0.05, 0.1) is 12.1 Å². The normalized spacial score (nSPS) is 14.1. The van der Waals surface area contributed by atoms with E-state index in [2.05, 4.69) is 43.4 Å². The van der Waals surface area contributed by atoms with Gasteiger partial charge in [-0.25, -0.2) is 0 Å². The van der Waals surface area contributed by atoms with Gasteiger partial charge < -0.3 is 11.1 Å².